The van der Waals surface area contributed by atoms with E-state index in [2.05, 4.69) is 19.1 Å². The van der Waals surface area contributed by atoms with Crippen molar-refractivity contribution >= 4 is 5.78 Å². The number of carbonyl (C=O) groups is 1. The average molecular weight is 234 g/mol. The Kier molecular flexibility index (Phi) is 5.75. The molecule has 2 heteroatoms. The van der Waals surface area contributed by atoms with Crippen molar-refractivity contribution in [2.45, 2.75) is 52.6 Å². The number of rotatable bonds is 7. The predicted octanol–water partition coefficient (Wildman–Crippen LogP) is 3.78. The summed E-state index contributed by atoms with van der Waals surface area (Å²) in [5.74, 6) is 0.916. The molecule has 1 unspecified atom stereocenters. The maximum atomic E-state index is 11.4. The SMILES string of the molecule is CCCCc1ccc(OC(C)C(=O)CC)cc1. The number of carbonyl (C=O) groups excluding carboxylic acids is 1. The first kappa shape index (κ1) is 13.8. The Morgan fingerprint density at radius 2 is 1.88 bits per heavy atom. The monoisotopic (exact) mass is 234 g/mol. The number of ether oxygens (including phenoxy) is 1. The van der Waals surface area contributed by atoms with Gasteiger partial charge in [-0.1, -0.05) is 32.4 Å². The maximum Gasteiger partial charge on any atom is 0.172 e. The standard InChI is InChI=1S/C15H22O2/c1-4-6-7-13-8-10-14(11-9-13)17-12(3)15(16)5-2/h8-12H,4-7H2,1-3H3. The average Bonchev–Trinajstić information content (AvgIpc) is 2.37. The first-order valence-electron chi connectivity index (χ1n) is 6.45. The highest BCUT2D eigenvalue weighted by molar-refractivity contribution is 5.82. The molecule has 0 aliphatic heterocycles. The molecule has 0 saturated carbocycles. The van der Waals surface area contributed by atoms with Crippen LogP contribution in [0.4, 0.5) is 0 Å². The minimum atomic E-state index is -0.346. The fourth-order valence-electron chi connectivity index (χ4n) is 1.67. The molecule has 0 aromatic heterocycles. The van der Waals surface area contributed by atoms with E-state index >= 15 is 0 Å². The summed E-state index contributed by atoms with van der Waals surface area (Å²) in [6.07, 6.45) is 3.71. The lowest BCUT2D eigenvalue weighted by atomic mass is 10.1. The minimum absolute atomic E-state index is 0.139. The smallest absolute Gasteiger partial charge is 0.172 e. The van der Waals surface area contributed by atoms with Crippen LogP contribution in [-0.2, 0) is 11.2 Å². The van der Waals surface area contributed by atoms with Crippen molar-refractivity contribution in [3.05, 3.63) is 29.8 Å². The summed E-state index contributed by atoms with van der Waals surface area (Å²) >= 11 is 0. The zero-order valence-electron chi connectivity index (χ0n) is 11.0. The Bertz CT molecular complexity index is 340. The number of aryl methyl sites for hydroxylation is 1. The summed E-state index contributed by atoms with van der Waals surface area (Å²) in [6.45, 7) is 5.85. The van der Waals surface area contributed by atoms with Crippen molar-refractivity contribution in [1.82, 2.24) is 0 Å². The minimum Gasteiger partial charge on any atom is -0.483 e. The third-order valence-electron chi connectivity index (χ3n) is 2.86. The molecule has 0 spiro atoms. The molecule has 0 amide bonds. The van der Waals surface area contributed by atoms with E-state index < -0.39 is 0 Å². The fourth-order valence-corrected chi connectivity index (χ4v) is 1.67. The Hall–Kier alpha value is -1.31. The maximum absolute atomic E-state index is 11.4. The zero-order valence-corrected chi connectivity index (χ0v) is 11.0. The topological polar surface area (TPSA) is 26.3 Å². The second kappa shape index (κ2) is 7.10. The van der Waals surface area contributed by atoms with Crippen LogP contribution in [0.1, 0.15) is 45.6 Å². The van der Waals surface area contributed by atoms with Gasteiger partial charge in [0.05, 0.1) is 0 Å². The zero-order chi connectivity index (χ0) is 12.7. The largest absolute Gasteiger partial charge is 0.483 e. The molecule has 17 heavy (non-hydrogen) atoms. The van der Waals surface area contributed by atoms with Gasteiger partial charge in [0.25, 0.3) is 0 Å². The number of Topliss-reactive ketones (excluding diaryl/α,β-unsaturated/α-hetero) is 1. The molecule has 94 valence electrons. The lowest BCUT2D eigenvalue weighted by molar-refractivity contribution is -0.124. The summed E-state index contributed by atoms with van der Waals surface area (Å²) in [7, 11) is 0. The molecule has 1 rings (SSSR count). The molecule has 0 aliphatic carbocycles. The number of hydrogen-bond donors (Lipinski definition) is 0. The highest BCUT2D eigenvalue weighted by Gasteiger charge is 2.11. The van der Waals surface area contributed by atoms with Crippen LogP contribution in [0.15, 0.2) is 24.3 Å². The molecule has 2 nitrogen and oxygen atoms in total. The first-order chi connectivity index (χ1) is 8.17. The summed E-state index contributed by atoms with van der Waals surface area (Å²) in [4.78, 5) is 11.4. The predicted molar refractivity (Wildman–Crippen MR) is 70.4 cm³/mol. The second-order valence-electron chi connectivity index (χ2n) is 4.33. The van der Waals surface area contributed by atoms with Gasteiger partial charge in [-0.25, -0.2) is 0 Å². The van der Waals surface area contributed by atoms with E-state index in [9.17, 15) is 4.79 Å². The summed E-state index contributed by atoms with van der Waals surface area (Å²) in [6, 6.07) is 8.05. The van der Waals surface area contributed by atoms with Gasteiger partial charge in [-0.15, -0.1) is 0 Å². The van der Waals surface area contributed by atoms with Crippen LogP contribution in [0.3, 0.4) is 0 Å². The quantitative estimate of drug-likeness (QED) is 0.717. The van der Waals surface area contributed by atoms with Gasteiger partial charge < -0.3 is 4.74 Å². The van der Waals surface area contributed by atoms with Crippen LogP contribution in [0, 0.1) is 0 Å². The summed E-state index contributed by atoms with van der Waals surface area (Å²) in [5, 5.41) is 0. The van der Waals surface area contributed by atoms with E-state index in [-0.39, 0.29) is 11.9 Å². The Balaban J connectivity index is 2.53. The molecule has 0 N–H and O–H groups in total. The number of unbranched alkanes of at least 4 members (excludes halogenated alkanes) is 1. The third-order valence-corrected chi connectivity index (χ3v) is 2.86. The number of hydrogen-bond acceptors (Lipinski definition) is 2. The van der Waals surface area contributed by atoms with Crippen molar-refractivity contribution in [3.63, 3.8) is 0 Å². The molecule has 0 fully saturated rings. The van der Waals surface area contributed by atoms with E-state index in [1.807, 2.05) is 19.1 Å². The van der Waals surface area contributed by atoms with Gasteiger partial charge in [0.1, 0.15) is 5.75 Å². The van der Waals surface area contributed by atoms with Gasteiger partial charge in [-0.3, -0.25) is 4.79 Å². The Morgan fingerprint density at radius 3 is 2.41 bits per heavy atom. The highest BCUT2D eigenvalue weighted by Crippen LogP contribution is 2.15. The molecule has 0 radical (unpaired) electrons. The molecule has 0 heterocycles. The molecule has 1 aromatic carbocycles. The summed E-state index contributed by atoms with van der Waals surface area (Å²) in [5.41, 5.74) is 1.33. The van der Waals surface area contributed by atoms with E-state index in [1.54, 1.807) is 6.92 Å². The van der Waals surface area contributed by atoms with Crippen LogP contribution in [0.25, 0.3) is 0 Å². The lowest BCUT2D eigenvalue weighted by Crippen LogP contribution is -2.22. The molecular weight excluding hydrogens is 212 g/mol. The van der Waals surface area contributed by atoms with Crippen LogP contribution in [0.2, 0.25) is 0 Å². The van der Waals surface area contributed by atoms with Gasteiger partial charge in [0.15, 0.2) is 11.9 Å². The van der Waals surface area contributed by atoms with Gasteiger partial charge in [0.2, 0.25) is 0 Å². The molecule has 0 aliphatic rings. The van der Waals surface area contributed by atoms with Gasteiger partial charge in [0, 0.05) is 6.42 Å². The highest BCUT2D eigenvalue weighted by atomic mass is 16.5. The number of benzene rings is 1. The van der Waals surface area contributed by atoms with Crippen LogP contribution < -0.4 is 4.74 Å². The Labute approximate surface area is 104 Å². The summed E-state index contributed by atoms with van der Waals surface area (Å²) < 4.78 is 5.58. The number of ketones is 1. The molecule has 1 atom stereocenters. The van der Waals surface area contributed by atoms with Gasteiger partial charge >= 0.3 is 0 Å². The van der Waals surface area contributed by atoms with Crippen LogP contribution in [-0.4, -0.2) is 11.9 Å². The van der Waals surface area contributed by atoms with Crippen molar-refractivity contribution in [1.29, 1.82) is 0 Å². The van der Waals surface area contributed by atoms with E-state index in [0.717, 1.165) is 12.2 Å². The molecule has 0 saturated heterocycles. The van der Waals surface area contributed by atoms with Crippen molar-refractivity contribution < 1.29 is 9.53 Å². The van der Waals surface area contributed by atoms with E-state index in [0.29, 0.717) is 6.42 Å². The van der Waals surface area contributed by atoms with Gasteiger partial charge in [-0.05, 0) is 37.5 Å². The normalized spacial score (nSPS) is 12.2. The van der Waals surface area contributed by atoms with Crippen LogP contribution in [0.5, 0.6) is 5.75 Å². The first-order valence-corrected chi connectivity index (χ1v) is 6.45. The van der Waals surface area contributed by atoms with E-state index in [4.69, 9.17) is 4.74 Å². The van der Waals surface area contributed by atoms with Crippen molar-refractivity contribution in [2.24, 2.45) is 0 Å². The van der Waals surface area contributed by atoms with Crippen LogP contribution >= 0.6 is 0 Å². The van der Waals surface area contributed by atoms with Crippen molar-refractivity contribution in [3.8, 4) is 5.75 Å². The van der Waals surface area contributed by atoms with Crippen molar-refractivity contribution in [2.75, 3.05) is 0 Å². The third kappa shape index (κ3) is 4.59. The molecular formula is C15H22O2. The lowest BCUT2D eigenvalue weighted by Gasteiger charge is -2.13. The van der Waals surface area contributed by atoms with Gasteiger partial charge in [-0.2, -0.15) is 0 Å². The molecule has 0 bridgehead atoms. The molecule has 1 aromatic rings. The van der Waals surface area contributed by atoms with E-state index in [1.165, 1.54) is 18.4 Å². The Morgan fingerprint density at radius 1 is 1.24 bits per heavy atom. The second-order valence-corrected chi connectivity index (χ2v) is 4.33. The fraction of sp³-hybridized carbons (Fsp3) is 0.533.